The van der Waals surface area contributed by atoms with Crippen LogP contribution in [0.2, 0.25) is 0 Å². The molecule has 8 heteroatoms. The first-order valence-corrected chi connectivity index (χ1v) is 13.7. The van der Waals surface area contributed by atoms with Crippen LogP contribution in [0, 0.1) is 0 Å². The smallest absolute Gasteiger partial charge is 0.254 e. The molecule has 0 bridgehead atoms. The number of piperazine rings is 1. The highest BCUT2D eigenvalue weighted by Crippen LogP contribution is 2.44. The topological polar surface area (TPSA) is 65.1 Å². The van der Waals surface area contributed by atoms with Crippen molar-refractivity contribution in [1.29, 1.82) is 0 Å². The minimum atomic E-state index is -0.447. The van der Waals surface area contributed by atoms with Gasteiger partial charge in [-0.3, -0.25) is 9.59 Å². The van der Waals surface area contributed by atoms with E-state index in [1.807, 2.05) is 46.7 Å². The third-order valence-corrected chi connectivity index (χ3v) is 7.99. The fourth-order valence-electron chi connectivity index (χ4n) is 5.26. The number of benzene rings is 1. The van der Waals surface area contributed by atoms with Gasteiger partial charge in [0, 0.05) is 56.8 Å². The summed E-state index contributed by atoms with van der Waals surface area (Å²) in [4.78, 5) is 35.0. The fraction of sp³-hybridized carbons (Fsp3) is 0.556. The van der Waals surface area contributed by atoms with Crippen molar-refractivity contribution in [3.8, 4) is 0 Å². The highest BCUT2D eigenvalue weighted by molar-refractivity contribution is 7.10. The van der Waals surface area contributed by atoms with Gasteiger partial charge in [0.25, 0.3) is 5.91 Å². The zero-order chi connectivity index (χ0) is 24.6. The average Bonchev–Trinajstić information content (AvgIpc) is 3.41. The number of amides is 2. The number of ether oxygens (including phenoxy) is 1. The van der Waals surface area contributed by atoms with Gasteiger partial charge in [-0.2, -0.15) is 0 Å². The maximum absolute atomic E-state index is 13.7. The van der Waals surface area contributed by atoms with Gasteiger partial charge in [-0.05, 0) is 49.0 Å². The Hall–Kier alpha value is -2.26. The van der Waals surface area contributed by atoms with Crippen molar-refractivity contribution in [3.63, 3.8) is 0 Å². The SMILES string of the molecule is CCCN1CCN(CCCNC(=O)[C@H]2c3ccccc3C(=O)N(CCOC)[C@@H]2c2cccs2)CC1. The van der Waals surface area contributed by atoms with E-state index in [0.717, 1.165) is 49.6 Å². The third kappa shape index (κ3) is 6.12. The molecule has 1 aromatic heterocycles. The van der Waals surface area contributed by atoms with E-state index in [1.165, 1.54) is 13.0 Å². The number of carbonyl (C=O) groups excluding carboxylic acids is 2. The second kappa shape index (κ2) is 12.6. The van der Waals surface area contributed by atoms with Crippen LogP contribution in [-0.2, 0) is 9.53 Å². The van der Waals surface area contributed by atoms with Crippen LogP contribution in [-0.4, -0.2) is 92.6 Å². The highest BCUT2D eigenvalue weighted by atomic mass is 32.1. The monoisotopic (exact) mass is 498 g/mol. The number of rotatable bonds is 11. The molecule has 1 saturated heterocycles. The molecule has 190 valence electrons. The number of hydrogen-bond acceptors (Lipinski definition) is 6. The third-order valence-electron chi connectivity index (χ3n) is 7.05. The Balaban J connectivity index is 1.44. The van der Waals surface area contributed by atoms with Crippen LogP contribution in [0.1, 0.15) is 52.5 Å². The number of hydrogen-bond donors (Lipinski definition) is 1. The van der Waals surface area contributed by atoms with Gasteiger partial charge in [0.15, 0.2) is 0 Å². The summed E-state index contributed by atoms with van der Waals surface area (Å²) in [5.74, 6) is -0.502. The van der Waals surface area contributed by atoms with Crippen LogP contribution >= 0.6 is 11.3 Å². The molecule has 4 rings (SSSR count). The molecule has 2 aromatic rings. The van der Waals surface area contributed by atoms with Crippen molar-refractivity contribution < 1.29 is 14.3 Å². The minimum absolute atomic E-state index is 0.0152. The van der Waals surface area contributed by atoms with Gasteiger partial charge in [0.2, 0.25) is 5.91 Å². The van der Waals surface area contributed by atoms with Gasteiger partial charge in [0.05, 0.1) is 18.6 Å². The molecule has 0 unspecified atom stereocenters. The Bertz CT molecular complexity index is 959. The number of nitrogens with one attached hydrogen (secondary N) is 1. The Morgan fingerprint density at radius 2 is 1.80 bits per heavy atom. The molecular weight excluding hydrogens is 460 g/mol. The Morgan fingerprint density at radius 1 is 1.06 bits per heavy atom. The summed E-state index contributed by atoms with van der Waals surface area (Å²) in [5, 5.41) is 5.21. The molecule has 35 heavy (non-hydrogen) atoms. The molecule has 7 nitrogen and oxygen atoms in total. The Kier molecular flexibility index (Phi) is 9.31. The van der Waals surface area contributed by atoms with Crippen LogP contribution in [0.3, 0.4) is 0 Å². The first-order valence-electron chi connectivity index (χ1n) is 12.8. The molecule has 3 heterocycles. The quantitative estimate of drug-likeness (QED) is 0.482. The van der Waals surface area contributed by atoms with Crippen molar-refractivity contribution in [2.45, 2.75) is 31.7 Å². The average molecular weight is 499 g/mol. The van der Waals surface area contributed by atoms with Crippen molar-refractivity contribution >= 4 is 23.2 Å². The van der Waals surface area contributed by atoms with E-state index in [9.17, 15) is 9.59 Å². The molecule has 0 spiro atoms. The van der Waals surface area contributed by atoms with Crippen molar-refractivity contribution in [2.75, 3.05) is 66.1 Å². The molecule has 2 aliphatic heterocycles. The van der Waals surface area contributed by atoms with Gasteiger partial charge in [-0.15, -0.1) is 11.3 Å². The van der Waals surface area contributed by atoms with E-state index >= 15 is 0 Å². The van der Waals surface area contributed by atoms with Crippen molar-refractivity contribution in [1.82, 2.24) is 20.0 Å². The van der Waals surface area contributed by atoms with E-state index in [0.29, 0.717) is 25.3 Å². The van der Waals surface area contributed by atoms with Crippen molar-refractivity contribution in [2.24, 2.45) is 0 Å². The van der Waals surface area contributed by atoms with Crippen LogP contribution in [0.25, 0.3) is 0 Å². The maximum atomic E-state index is 13.7. The van der Waals surface area contributed by atoms with Gasteiger partial charge < -0.3 is 24.8 Å². The number of fused-ring (bicyclic) bond motifs is 1. The van der Waals surface area contributed by atoms with Gasteiger partial charge >= 0.3 is 0 Å². The Labute approximate surface area is 213 Å². The zero-order valence-corrected chi connectivity index (χ0v) is 21.8. The second-order valence-corrected chi connectivity index (χ2v) is 10.3. The standard InChI is InChI=1S/C27H38N4O3S/c1-3-12-29-14-16-30(17-15-29)13-7-11-28-26(32)24-21-8-4-5-9-22(21)27(33)31(18-19-34-2)25(24)23-10-6-20-35-23/h4-6,8-10,20,24-25H,3,7,11-19H2,1-2H3,(H,28,32)/t24-,25+/m0/s1. The minimum Gasteiger partial charge on any atom is -0.383 e. The molecule has 1 aromatic carbocycles. The largest absolute Gasteiger partial charge is 0.383 e. The lowest BCUT2D eigenvalue weighted by atomic mass is 9.81. The summed E-state index contributed by atoms with van der Waals surface area (Å²) in [6.45, 7) is 10.4. The van der Waals surface area contributed by atoms with E-state index in [2.05, 4.69) is 22.0 Å². The fourth-order valence-corrected chi connectivity index (χ4v) is 6.14. The summed E-state index contributed by atoms with van der Waals surface area (Å²) >= 11 is 1.59. The summed E-state index contributed by atoms with van der Waals surface area (Å²) in [6, 6.07) is 11.2. The molecule has 2 aliphatic rings. The molecule has 0 saturated carbocycles. The molecular formula is C27H38N4O3S. The van der Waals surface area contributed by atoms with E-state index in [-0.39, 0.29) is 17.9 Å². The molecule has 1 fully saturated rings. The zero-order valence-electron chi connectivity index (χ0n) is 20.9. The summed E-state index contributed by atoms with van der Waals surface area (Å²) < 4.78 is 5.30. The maximum Gasteiger partial charge on any atom is 0.254 e. The number of carbonyl (C=O) groups is 2. The lowest BCUT2D eigenvalue weighted by Gasteiger charge is -2.41. The van der Waals surface area contributed by atoms with Gasteiger partial charge in [0.1, 0.15) is 0 Å². The number of thiophene rings is 1. The molecule has 0 aliphatic carbocycles. The van der Waals surface area contributed by atoms with Crippen LogP contribution in [0.5, 0.6) is 0 Å². The summed E-state index contributed by atoms with van der Waals surface area (Å²) in [7, 11) is 1.64. The van der Waals surface area contributed by atoms with Crippen LogP contribution in [0.4, 0.5) is 0 Å². The molecule has 2 amide bonds. The van der Waals surface area contributed by atoms with Crippen molar-refractivity contribution in [3.05, 3.63) is 57.8 Å². The molecule has 0 radical (unpaired) electrons. The number of methoxy groups -OCH3 is 1. The summed E-state index contributed by atoms with van der Waals surface area (Å²) in [5.41, 5.74) is 1.43. The first kappa shape index (κ1) is 25.8. The molecule has 1 N–H and O–H groups in total. The lowest BCUT2D eigenvalue weighted by molar-refractivity contribution is -0.124. The predicted molar refractivity (Wildman–Crippen MR) is 140 cm³/mol. The predicted octanol–water partition coefficient (Wildman–Crippen LogP) is 3.21. The van der Waals surface area contributed by atoms with Gasteiger partial charge in [-0.1, -0.05) is 31.2 Å². The Morgan fingerprint density at radius 3 is 2.49 bits per heavy atom. The molecule has 2 atom stereocenters. The highest BCUT2D eigenvalue weighted by Gasteiger charge is 2.44. The second-order valence-electron chi connectivity index (χ2n) is 9.34. The first-order chi connectivity index (χ1) is 17.1. The van der Waals surface area contributed by atoms with E-state index < -0.39 is 5.92 Å². The van der Waals surface area contributed by atoms with E-state index in [4.69, 9.17) is 4.74 Å². The lowest BCUT2D eigenvalue weighted by Crippen LogP contribution is -2.49. The van der Waals surface area contributed by atoms with Crippen LogP contribution < -0.4 is 5.32 Å². The van der Waals surface area contributed by atoms with Crippen LogP contribution in [0.15, 0.2) is 41.8 Å². The normalized spacial score (nSPS) is 21.2. The van der Waals surface area contributed by atoms with E-state index in [1.54, 1.807) is 18.4 Å². The summed E-state index contributed by atoms with van der Waals surface area (Å²) in [6.07, 6.45) is 2.13. The number of nitrogens with zero attached hydrogens (tertiary/aromatic N) is 3. The van der Waals surface area contributed by atoms with Gasteiger partial charge in [-0.25, -0.2) is 0 Å².